The predicted octanol–water partition coefficient (Wildman–Crippen LogP) is -1.07. The lowest BCUT2D eigenvalue weighted by Gasteiger charge is -2.44. The van der Waals surface area contributed by atoms with Gasteiger partial charge in [-0.2, -0.15) is 0 Å². The van der Waals surface area contributed by atoms with E-state index in [2.05, 4.69) is 5.32 Å². The van der Waals surface area contributed by atoms with Gasteiger partial charge < -0.3 is 35.6 Å². The standard InChI is InChI=1S/C16H30NO12P/c1-4-26-30(25,27-5-2)28-8-10(19)6-12-13(14(21)17-9(3)18)11(20)7-16(24,29-12)15(22)23/h10-14,19-21,24H,4-8H2,1-3H3,(H,17,18)(H,22,23)/t10-,11-,12-,13-,14-,16-/m0/s1. The first-order valence-electron chi connectivity index (χ1n) is 9.36. The van der Waals surface area contributed by atoms with Crippen molar-refractivity contribution in [3.8, 4) is 0 Å². The number of carbonyl (C=O) groups is 2. The Kier molecular flexibility index (Phi) is 10.3. The van der Waals surface area contributed by atoms with E-state index in [1.807, 2.05) is 0 Å². The number of ether oxygens (including phenoxy) is 1. The van der Waals surface area contributed by atoms with Gasteiger partial charge in [0.1, 0.15) is 6.23 Å². The number of nitrogens with one attached hydrogen (secondary N) is 1. The van der Waals surface area contributed by atoms with Crippen LogP contribution in [0.1, 0.15) is 33.6 Å². The van der Waals surface area contributed by atoms with Crippen LogP contribution in [0.25, 0.3) is 0 Å². The molecule has 176 valence electrons. The van der Waals surface area contributed by atoms with Gasteiger partial charge in [0.2, 0.25) is 5.91 Å². The molecule has 1 rings (SSSR count). The number of aliphatic carboxylic acids is 1. The first kappa shape index (κ1) is 26.9. The summed E-state index contributed by atoms with van der Waals surface area (Å²) in [7, 11) is -3.93. The predicted molar refractivity (Wildman–Crippen MR) is 98.8 cm³/mol. The summed E-state index contributed by atoms with van der Waals surface area (Å²) in [6.07, 6.45) is -7.36. The molecule has 0 radical (unpaired) electrons. The van der Waals surface area contributed by atoms with Crippen LogP contribution in [0.15, 0.2) is 0 Å². The highest BCUT2D eigenvalue weighted by molar-refractivity contribution is 7.48. The van der Waals surface area contributed by atoms with E-state index in [9.17, 15) is 39.7 Å². The minimum atomic E-state index is -3.93. The average Bonchev–Trinajstić information content (AvgIpc) is 2.59. The van der Waals surface area contributed by atoms with Gasteiger partial charge in [0.05, 0.1) is 44.1 Å². The van der Waals surface area contributed by atoms with Crippen molar-refractivity contribution >= 4 is 19.7 Å². The van der Waals surface area contributed by atoms with E-state index in [-0.39, 0.29) is 13.2 Å². The normalized spacial score (nSPS) is 29.2. The van der Waals surface area contributed by atoms with E-state index in [0.717, 1.165) is 6.92 Å². The first-order chi connectivity index (χ1) is 13.9. The number of aliphatic hydroxyl groups excluding tert-OH is 3. The van der Waals surface area contributed by atoms with Gasteiger partial charge >= 0.3 is 13.8 Å². The molecule has 1 fully saturated rings. The molecule has 6 N–H and O–H groups in total. The van der Waals surface area contributed by atoms with Crippen LogP contribution in [0, 0.1) is 5.92 Å². The van der Waals surface area contributed by atoms with Crippen molar-refractivity contribution in [1.82, 2.24) is 5.32 Å². The second-order valence-corrected chi connectivity index (χ2v) is 8.38. The van der Waals surface area contributed by atoms with Gasteiger partial charge in [-0.3, -0.25) is 18.4 Å². The van der Waals surface area contributed by atoms with Crippen molar-refractivity contribution in [1.29, 1.82) is 0 Å². The molecule has 0 aromatic heterocycles. The number of carboxylic acids is 1. The lowest BCUT2D eigenvalue weighted by atomic mass is 9.83. The fraction of sp³-hybridized carbons (Fsp3) is 0.875. The summed E-state index contributed by atoms with van der Waals surface area (Å²) in [5.41, 5.74) is 0. The molecule has 1 saturated heterocycles. The van der Waals surface area contributed by atoms with Gasteiger partial charge in [0.25, 0.3) is 5.79 Å². The van der Waals surface area contributed by atoms with E-state index in [4.69, 9.17) is 18.3 Å². The van der Waals surface area contributed by atoms with E-state index < -0.39 is 75.4 Å². The van der Waals surface area contributed by atoms with Gasteiger partial charge in [-0.1, -0.05) is 0 Å². The Bertz CT molecular complexity index is 623. The minimum Gasteiger partial charge on any atom is -0.477 e. The molecule has 13 nitrogen and oxygen atoms in total. The second-order valence-electron chi connectivity index (χ2n) is 6.71. The molecule has 0 aliphatic carbocycles. The molecule has 1 aliphatic rings. The number of amides is 1. The molecule has 0 saturated carbocycles. The summed E-state index contributed by atoms with van der Waals surface area (Å²) in [4.78, 5) is 22.6. The van der Waals surface area contributed by atoms with Crippen LogP contribution in [-0.4, -0.2) is 87.6 Å². The number of hydrogen-bond donors (Lipinski definition) is 6. The average molecular weight is 459 g/mol. The van der Waals surface area contributed by atoms with Crippen molar-refractivity contribution in [2.75, 3.05) is 19.8 Å². The Balaban J connectivity index is 2.95. The molecule has 0 bridgehead atoms. The zero-order chi connectivity index (χ0) is 23.1. The number of rotatable bonds is 12. The SMILES string of the molecule is CCOP(=O)(OCC)OC[C@@H](O)C[C@@H]1O[C@](O)(C(=O)O)C[C@H](O)[C@@H]1[C@H](O)NC(C)=O. The van der Waals surface area contributed by atoms with Gasteiger partial charge in [-0.15, -0.1) is 0 Å². The number of hydrogen-bond acceptors (Lipinski definition) is 11. The van der Waals surface area contributed by atoms with E-state index in [1.54, 1.807) is 13.8 Å². The maximum absolute atomic E-state index is 12.3. The molecule has 6 atom stereocenters. The third-order valence-corrected chi connectivity index (χ3v) is 5.87. The van der Waals surface area contributed by atoms with Gasteiger partial charge in [0, 0.05) is 19.8 Å². The Morgan fingerprint density at radius 1 is 1.23 bits per heavy atom. The van der Waals surface area contributed by atoms with E-state index >= 15 is 0 Å². The number of carbonyl (C=O) groups excluding carboxylic acids is 1. The van der Waals surface area contributed by atoms with Gasteiger partial charge in [-0.25, -0.2) is 9.36 Å². The fourth-order valence-corrected chi connectivity index (χ4v) is 4.26. The quantitative estimate of drug-likeness (QED) is 0.153. The molecule has 1 amide bonds. The molecule has 0 aromatic carbocycles. The van der Waals surface area contributed by atoms with Crippen LogP contribution in [-0.2, 0) is 32.5 Å². The minimum absolute atomic E-state index is 0.0158. The number of phosphoric acid groups is 1. The molecular formula is C16H30NO12P. The third kappa shape index (κ3) is 7.52. The largest absolute Gasteiger partial charge is 0.477 e. The van der Waals surface area contributed by atoms with Crippen molar-refractivity contribution in [2.24, 2.45) is 5.92 Å². The summed E-state index contributed by atoms with van der Waals surface area (Å²) in [5.74, 6) is -6.47. The van der Waals surface area contributed by atoms with Crippen LogP contribution < -0.4 is 5.32 Å². The zero-order valence-electron chi connectivity index (χ0n) is 17.0. The number of carboxylic acid groups (broad SMARTS) is 1. The van der Waals surface area contributed by atoms with Crippen LogP contribution in [0.4, 0.5) is 0 Å². The highest BCUT2D eigenvalue weighted by Crippen LogP contribution is 2.49. The Morgan fingerprint density at radius 2 is 1.80 bits per heavy atom. The lowest BCUT2D eigenvalue weighted by molar-refractivity contribution is -0.297. The van der Waals surface area contributed by atoms with Crippen LogP contribution in [0.5, 0.6) is 0 Å². The third-order valence-electron chi connectivity index (χ3n) is 4.26. The topological polar surface area (TPSA) is 201 Å². The molecule has 0 unspecified atom stereocenters. The zero-order valence-corrected chi connectivity index (χ0v) is 17.9. The highest BCUT2D eigenvalue weighted by atomic mass is 31.2. The molecule has 30 heavy (non-hydrogen) atoms. The number of phosphoric ester groups is 1. The monoisotopic (exact) mass is 459 g/mol. The summed E-state index contributed by atoms with van der Waals surface area (Å²) < 4.78 is 32.3. The van der Waals surface area contributed by atoms with Gasteiger partial charge in [-0.05, 0) is 13.8 Å². The molecule has 14 heteroatoms. The molecule has 1 heterocycles. The van der Waals surface area contributed by atoms with E-state index in [0.29, 0.717) is 0 Å². The van der Waals surface area contributed by atoms with E-state index in [1.165, 1.54) is 0 Å². The van der Waals surface area contributed by atoms with Crippen molar-refractivity contribution < 1.29 is 58.0 Å². The Hall–Kier alpha value is -1.15. The smallest absolute Gasteiger partial charge is 0.474 e. The van der Waals surface area contributed by atoms with Crippen LogP contribution in [0.3, 0.4) is 0 Å². The van der Waals surface area contributed by atoms with Crippen molar-refractivity contribution in [3.63, 3.8) is 0 Å². The fourth-order valence-electron chi connectivity index (χ4n) is 3.05. The van der Waals surface area contributed by atoms with Crippen LogP contribution >= 0.6 is 7.82 Å². The van der Waals surface area contributed by atoms with Gasteiger partial charge in [0.15, 0.2) is 0 Å². The highest BCUT2D eigenvalue weighted by Gasteiger charge is 2.53. The molecular weight excluding hydrogens is 429 g/mol. The lowest BCUT2D eigenvalue weighted by Crippen LogP contribution is -2.61. The summed E-state index contributed by atoms with van der Waals surface area (Å²) in [6, 6.07) is 0. The summed E-state index contributed by atoms with van der Waals surface area (Å²) in [5, 5.41) is 52.2. The maximum atomic E-state index is 12.3. The Morgan fingerprint density at radius 3 is 2.27 bits per heavy atom. The molecule has 0 aromatic rings. The Labute approximate surface area is 173 Å². The van der Waals surface area contributed by atoms with Crippen molar-refractivity contribution in [3.05, 3.63) is 0 Å². The molecule has 0 spiro atoms. The summed E-state index contributed by atoms with van der Waals surface area (Å²) in [6.45, 7) is 3.68. The number of aliphatic hydroxyl groups is 4. The first-order valence-corrected chi connectivity index (χ1v) is 10.8. The van der Waals surface area contributed by atoms with Crippen LogP contribution in [0.2, 0.25) is 0 Å². The maximum Gasteiger partial charge on any atom is 0.474 e. The summed E-state index contributed by atoms with van der Waals surface area (Å²) >= 11 is 0. The second kappa shape index (κ2) is 11.5. The molecule has 1 aliphatic heterocycles. The van der Waals surface area contributed by atoms with Crippen molar-refractivity contribution in [2.45, 2.75) is 63.9 Å².